The molecule has 0 bridgehead atoms. The van der Waals surface area contributed by atoms with Gasteiger partial charge in [-0.15, -0.1) is 13.0 Å². The van der Waals surface area contributed by atoms with Crippen molar-refractivity contribution in [2.24, 2.45) is 0 Å². The van der Waals surface area contributed by atoms with Gasteiger partial charge in [0.05, 0.1) is 69.4 Å². The normalized spacial score (nSPS) is 13.8. The lowest BCUT2D eigenvalue weighted by molar-refractivity contribution is -0.432. The molecule has 3 aromatic carbocycles. The van der Waals surface area contributed by atoms with Crippen molar-refractivity contribution in [1.29, 1.82) is 0 Å². The first-order valence-corrected chi connectivity index (χ1v) is 25.8. The van der Waals surface area contributed by atoms with Gasteiger partial charge >= 0.3 is 0 Å². The van der Waals surface area contributed by atoms with Gasteiger partial charge in [0.2, 0.25) is 0 Å². The van der Waals surface area contributed by atoms with Crippen molar-refractivity contribution in [2.75, 3.05) is 20.3 Å². The summed E-state index contributed by atoms with van der Waals surface area (Å²) in [6.07, 6.45) is 0. The highest BCUT2D eigenvalue weighted by molar-refractivity contribution is 8.82. The summed E-state index contributed by atoms with van der Waals surface area (Å²) in [5.41, 5.74) is 6.21. The number of methoxy groups -OCH3 is 1. The first-order valence-electron chi connectivity index (χ1n) is 16.3. The molecule has 6 heterocycles. The Kier molecular flexibility index (Phi) is 17.9. The van der Waals surface area contributed by atoms with Gasteiger partial charge in [-0.3, -0.25) is 0 Å². The second kappa shape index (κ2) is 22.6. The minimum atomic E-state index is 0. The Hall–Kier alpha value is -1.93. The van der Waals surface area contributed by atoms with Crippen molar-refractivity contribution in [3.8, 4) is 49.6 Å². The number of rotatable bonds is 12. The summed E-state index contributed by atoms with van der Waals surface area (Å²) in [4.78, 5) is 6.61. The lowest BCUT2D eigenvalue weighted by atomic mass is 10.1. The van der Waals surface area contributed by atoms with E-state index in [-0.39, 0.29) is 7.43 Å². The van der Waals surface area contributed by atoms with Crippen LogP contribution in [0.5, 0.6) is 28.7 Å². The highest BCUT2D eigenvalue weighted by Crippen LogP contribution is 2.57. The third kappa shape index (κ3) is 10.7. The van der Waals surface area contributed by atoms with Crippen molar-refractivity contribution in [2.45, 2.75) is 42.3 Å². The van der Waals surface area contributed by atoms with E-state index in [1.54, 1.807) is 82.2 Å². The fourth-order valence-corrected chi connectivity index (χ4v) is 15.2. The minimum Gasteiger partial charge on any atom is -0.495 e. The maximum atomic E-state index is 8.30. The third-order valence-corrected chi connectivity index (χ3v) is 18.9. The average Bonchev–Trinajstić information content (AvgIpc) is 3.97. The predicted octanol–water partition coefficient (Wildman–Crippen LogP) is 14.2. The van der Waals surface area contributed by atoms with Crippen LogP contribution in [0.3, 0.4) is 0 Å². The van der Waals surface area contributed by atoms with Crippen LogP contribution in [0.2, 0.25) is 0 Å². The summed E-state index contributed by atoms with van der Waals surface area (Å²) >= 11 is 13.2. The standard InChI is InChI=1S/C12H10O5S4.C11H8O5S4.C11H8O4S3.CH4/c1-2-14-9-3-6-8(4-10(9)19-17-16-13)15-5-7-11(6)20-21-12(7)18;1-13-8-2-5-7(3-9(8)18-16-15-12)14-4-6-10(5)19-20-11(6)17;1-6-9-5-13-10-3-2-7(16-15-14-12)4-8(10)11(9)18-17-6;/h3-4,13H,2,5H2,1H3;2-3,12H,4H2,1H3;2-4,12H,1,5H2;1H4. The molecule has 9 rings (SSSR count). The fraction of sp³-hybridized carbons (Fsp3) is 0.200. The van der Waals surface area contributed by atoms with E-state index in [0.717, 1.165) is 114 Å². The van der Waals surface area contributed by atoms with E-state index in [2.05, 4.69) is 34.7 Å². The molecule has 0 spiro atoms. The Bertz CT molecular complexity index is 2480. The van der Waals surface area contributed by atoms with Gasteiger partial charge in [-0.1, -0.05) is 117 Å². The van der Waals surface area contributed by atoms with Crippen LogP contribution in [0.1, 0.15) is 31.0 Å². The molecule has 60 heavy (non-hydrogen) atoms. The Morgan fingerprint density at radius 3 is 1.80 bits per heavy atom. The number of hydrogen-bond donors (Lipinski definition) is 3. The lowest BCUT2D eigenvalue weighted by Gasteiger charge is -2.19. The van der Waals surface area contributed by atoms with Crippen LogP contribution in [-0.2, 0) is 41.3 Å². The first-order chi connectivity index (χ1) is 28.8. The molecule has 320 valence electrons. The van der Waals surface area contributed by atoms with Gasteiger partial charge in [0.1, 0.15) is 56.2 Å². The zero-order valence-electron chi connectivity index (χ0n) is 29.9. The van der Waals surface area contributed by atoms with Crippen LogP contribution in [0.4, 0.5) is 0 Å². The van der Waals surface area contributed by atoms with Gasteiger partial charge in [0.15, 0.2) is 0 Å². The van der Waals surface area contributed by atoms with Gasteiger partial charge in [0, 0.05) is 60.2 Å². The van der Waals surface area contributed by atoms with E-state index in [9.17, 15) is 0 Å². The maximum Gasteiger partial charge on any atom is 0.136 e. The van der Waals surface area contributed by atoms with Crippen molar-refractivity contribution in [3.05, 3.63) is 83.9 Å². The van der Waals surface area contributed by atoms with Crippen LogP contribution < -0.4 is 23.7 Å². The fourth-order valence-electron chi connectivity index (χ4n) is 5.59. The van der Waals surface area contributed by atoms with Gasteiger partial charge in [-0.25, -0.2) is 15.8 Å². The Morgan fingerprint density at radius 2 is 1.23 bits per heavy atom. The Balaban J connectivity index is 0.000000150. The molecule has 25 heteroatoms. The van der Waals surface area contributed by atoms with Crippen molar-refractivity contribution in [3.63, 3.8) is 0 Å². The summed E-state index contributed by atoms with van der Waals surface area (Å²) in [6.45, 7) is 7.92. The molecular formula is C35H30O14S11. The molecular weight excluding hydrogens is 997 g/mol. The summed E-state index contributed by atoms with van der Waals surface area (Å²) < 4.78 is 43.2. The van der Waals surface area contributed by atoms with Crippen LogP contribution >= 0.6 is 124 Å². The van der Waals surface area contributed by atoms with Crippen molar-refractivity contribution >= 4 is 128 Å². The van der Waals surface area contributed by atoms with Crippen molar-refractivity contribution in [1.82, 2.24) is 0 Å². The molecule has 0 saturated heterocycles. The summed E-state index contributed by atoms with van der Waals surface area (Å²) in [5.74, 6) is 3.56. The second-order valence-electron chi connectivity index (χ2n) is 11.4. The molecule has 0 fully saturated rings. The molecule has 0 unspecified atom stereocenters. The van der Waals surface area contributed by atoms with E-state index in [0.29, 0.717) is 47.7 Å². The smallest absolute Gasteiger partial charge is 0.136 e. The average molecular weight is 1030 g/mol. The quantitative estimate of drug-likeness (QED) is 0.0355. The summed E-state index contributed by atoms with van der Waals surface area (Å²) in [6, 6.07) is 13.0. The SMILES string of the molecule is C.C=C1SSC2=C1COc1ccc(SOOO)cc12.CCOc1cc2c(cc1SOOO)OCc1c-2ssc1=S.COc1cc2c(cc1SOOO)OCc1c-2ssc1=S. The van der Waals surface area contributed by atoms with Crippen LogP contribution in [0, 0.1) is 7.65 Å². The van der Waals surface area contributed by atoms with E-state index in [4.69, 9.17) is 63.9 Å². The van der Waals surface area contributed by atoms with Crippen LogP contribution in [0.15, 0.2) is 74.2 Å². The number of benzene rings is 3. The van der Waals surface area contributed by atoms with E-state index in [1.807, 2.05) is 37.3 Å². The predicted molar refractivity (Wildman–Crippen MR) is 245 cm³/mol. The zero-order chi connectivity index (χ0) is 41.5. The minimum absolute atomic E-state index is 0. The molecule has 4 aliphatic heterocycles. The molecule has 3 N–H and O–H groups in total. The van der Waals surface area contributed by atoms with E-state index >= 15 is 0 Å². The monoisotopic (exact) mass is 1030 g/mol. The second-order valence-corrected chi connectivity index (χ2v) is 21.5. The first kappa shape index (κ1) is 47.5. The molecule has 0 atom stereocenters. The third-order valence-electron chi connectivity index (χ3n) is 8.16. The van der Waals surface area contributed by atoms with Gasteiger partial charge in [0.25, 0.3) is 0 Å². The largest absolute Gasteiger partial charge is 0.495 e. The maximum absolute atomic E-state index is 8.30. The Labute approximate surface area is 388 Å². The molecule has 0 aliphatic carbocycles. The highest BCUT2D eigenvalue weighted by atomic mass is 33.1. The summed E-state index contributed by atoms with van der Waals surface area (Å²) in [5, 5.41) is 35.5. The molecule has 5 aromatic rings. The van der Waals surface area contributed by atoms with Gasteiger partial charge < -0.3 is 23.7 Å². The van der Waals surface area contributed by atoms with Crippen LogP contribution in [0.25, 0.3) is 25.8 Å². The number of fused-ring (bicyclic) bond motifs is 8. The van der Waals surface area contributed by atoms with E-state index < -0.39 is 0 Å². The molecule has 0 saturated carbocycles. The number of hydrogen-bond acceptors (Lipinski definition) is 25. The molecule has 14 nitrogen and oxygen atoms in total. The lowest BCUT2D eigenvalue weighted by Crippen LogP contribution is -2.08. The Morgan fingerprint density at radius 1 is 0.683 bits per heavy atom. The topological polar surface area (TPSA) is 162 Å². The van der Waals surface area contributed by atoms with E-state index in [1.165, 1.54) is 4.91 Å². The molecule has 0 amide bonds. The molecule has 4 aliphatic rings. The highest BCUT2D eigenvalue weighted by Gasteiger charge is 2.29. The van der Waals surface area contributed by atoms with Crippen LogP contribution in [-0.4, -0.2) is 36.1 Å². The van der Waals surface area contributed by atoms with Crippen molar-refractivity contribution < 1.29 is 67.6 Å². The summed E-state index contributed by atoms with van der Waals surface area (Å²) in [7, 11) is 11.3. The molecule has 0 radical (unpaired) electrons. The molecule has 2 aromatic heterocycles. The van der Waals surface area contributed by atoms with Gasteiger partial charge in [-0.05, 0) is 37.3 Å². The number of ether oxygens (including phenoxy) is 5. The zero-order valence-corrected chi connectivity index (χ0v) is 38.9. The van der Waals surface area contributed by atoms with Gasteiger partial charge in [-0.2, -0.15) is 0 Å².